The van der Waals surface area contributed by atoms with Gasteiger partial charge in [0.05, 0.1) is 12.6 Å². The maximum atomic E-state index is 12.8. The number of aromatic nitrogens is 1. The second-order valence-electron chi connectivity index (χ2n) is 6.96. The van der Waals surface area contributed by atoms with Crippen LogP contribution in [0.2, 0.25) is 0 Å². The maximum absolute atomic E-state index is 12.8. The molecule has 2 aromatic rings. The van der Waals surface area contributed by atoms with Gasteiger partial charge in [-0.1, -0.05) is 30.3 Å². The largest absolute Gasteiger partial charge is 0.349 e. The van der Waals surface area contributed by atoms with E-state index in [1.54, 1.807) is 11.1 Å². The van der Waals surface area contributed by atoms with Gasteiger partial charge in [-0.05, 0) is 31.2 Å². The van der Waals surface area contributed by atoms with Crippen LogP contribution in [0.1, 0.15) is 34.7 Å². The smallest absolute Gasteiger partial charge is 0.243 e. The molecule has 5 N–H and O–H groups in total. The van der Waals surface area contributed by atoms with Gasteiger partial charge in [-0.2, -0.15) is 0 Å². The molecule has 0 unspecified atom stereocenters. The number of carbonyl (C=O) groups is 2. The predicted molar refractivity (Wildman–Crippen MR) is 109 cm³/mol. The summed E-state index contributed by atoms with van der Waals surface area (Å²) in [6.07, 6.45) is 4.51. The Morgan fingerprint density at radius 2 is 2.11 bits per heavy atom. The highest BCUT2D eigenvalue weighted by Crippen LogP contribution is 2.20. The van der Waals surface area contributed by atoms with Crippen molar-refractivity contribution >= 4 is 23.2 Å². The lowest BCUT2D eigenvalue weighted by atomic mass is 10.0. The first-order chi connectivity index (χ1) is 13.6. The van der Waals surface area contributed by atoms with Crippen LogP contribution in [0.15, 0.2) is 36.5 Å². The van der Waals surface area contributed by atoms with Crippen molar-refractivity contribution in [3.8, 4) is 0 Å². The molecule has 1 aliphatic rings. The number of amides is 2. The highest BCUT2D eigenvalue weighted by atomic mass is 32.1. The zero-order valence-corrected chi connectivity index (χ0v) is 16.7. The number of thiazole rings is 1. The molecule has 0 aliphatic carbocycles. The Labute approximate surface area is 169 Å². The summed E-state index contributed by atoms with van der Waals surface area (Å²) < 4.78 is 0. The average molecular weight is 402 g/mol. The molecule has 1 fully saturated rings. The van der Waals surface area contributed by atoms with Crippen molar-refractivity contribution in [1.29, 1.82) is 0 Å². The van der Waals surface area contributed by atoms with Gasteiger partial charge in [-0.25, -0.2) is 4.98 Å². The molecule has 3 rings (SSSR count). The van der Waals surface area contributed by atoms with Crippen LogP contribution in [0.3, 0.4) is 0 Å². The average Bonchev–Trinajstić information content (AvgIpc) is 3.39. The summed E-state index contributed by atoms with van der Waals surface area (Å²) in [5, 5.41) is 3.76. The number of hydrogen-bond acceptors (Lipinski definition) is 6. The molecule has 8 heteroatoms. The molecular weight excluding hydrogens is 374 g/mol. The van der Waals surface area contributed by atoms with Crippen LogP contribution in [-0.4, -0.2) is 40.3 Å². The first-order valence-corrected chi connectivity index (χ1v) is 10.4. The van der Waals surface area contributed by atoms with Crippen molar-refractivity contribution in [3.05, 3.63) is 52.0 Å². The number of aryl methyl sites for hydroxylation is 1. The van der Waals surface area contributed by atoms with Gasteiger partial charge in [0.2, 0.25) is 11.8 Å². The Hall–Kier alpha value is -2.29. The zero-order valence-electron chi connectivity index (χ0n) is 15.8. The Balaban J connectivity index is 1.52. The molecule has 150 valence electrons. The highest BCUT2D eigenvalue weighted by molar-refractivity contribution is 7.11. The molecule has 28 heavy (non-hydrogen) atoms. The van der Waals surface area contributed by atoms with E-state index in [-0.39, 0.29) is 11.8 Å². The quantitative estimate of drug-likeness (QED) is 0.614. The van der Waals surface area contributed by atoms with E-state index in [9.17, 15) is 9.59 Å². The Morgan fingerprint density at radius 1 is 1.32 bits per heavy atom. The summed E-state index contributed by atoms with van der Waals surface area (Å²) in [6, 6.07) is 8.92. The van der Waals surface area contributed by atoms with E-state index in [1.807, 2.05) is 30.3 Å². The van der Waals surface area contributed by atoms with Crippen LogP contribution in [0, 0.1) is 0 Å². The van der Waals surface area contributed by atoms with E-state index in [4.69, 9.17) is 11.5 Å². The lowest BCUT2D eigenvalue weighted by Gasteiger charge is -2.26. The molecule has 0 saturated carbocycles. The van der Waals surface area contributed by atoms with E-state index in [0.717, 1.165) is 28.3 Å². The molecule has 0 bridgehead atoms. The highest BCUT2D eigenvalue weighted by Gasteiger charge is 2.35. The van der Waals surface area contributed by atoms with E-state index in [1.165, 1.54) is 11.3 Å². The molecule has 2 atom stereocenters. The fourth-order valence-corrected chi connectivity index (χ4v) is 4.16. The van der Waals surface area contributed by atoms with Gasteiger partial charge in [0.1, 0.15) is 11.0 Å². The number of likely N-dealkylation sites (tertiary alicyclic amines) is 1. The van der Waals surface area contributed by atoms with Crippen molar-refractivity contribution in [3.63, 3.8) is 0 Å². The number of carbonyl (C=O) groups excluding carboxylic acids is 2. The van der Waals surface area contributed by atoms with Gasteiger partial charge in [0.15, 0.2) is 0 Å². The minimum atomic E-state index is -0.595. The van der Waals surface area contributed by atoms with Crippen LogP contribution in [0.25, 0.3) is 0 Å². The minimum Gasteiger partial charge on any atom is -0.349 e. The van der Waals surface area contributed by atoms with Crippen LogP contribution >= 0.6 is 11.3 Å². The molecule has 1 aliphatic heterocycles. The van der Waals surface area contributed by atoms with Crippen LogP contribution in [0.4, 0.5) is 0 Å². The monoisotopic (exact) mass is 401 g/mol. The maximum Gasteiger partial charge on any atom is 0.243 e. The number of benzene rings is 1. The fraction of sp³-hybridized carbons (Fsp3) is 0.450. The third-order valence-electron chi connectivity index (χ3n) is 4.96. The third-order valence-corrected chi connectivity index (χ3v) is 5.98. The molecule has 2 amide bonds. The molecule has 1 saturated heterocycles. The lowest BCUT2D eigenvalue weighted by Crippen LogP contribution is -2.51. The summed E-state index contributed by atoms with van der Waals surface area (Å²) in [4.78, 5) is 32.2. The topological polar surface area (TPSA) is 114 Å². The van der Waals surface area contributed by atoms with Crippen molar-refractivity contribution in [2.24, 2.45) is 11.5 Å². The Bertz CT molecular complexity index is 795. The number of nitrogens with two attached hydrogens (primary N) is 2. The Morgan fingerprint density at radius 3 is 2.82 bits per heavy atom. The number of hydrogen-bond donors (Lipinski definition) is 3. The van der Waals surface area contributed by atoms with E-state index in [2.05, 4.69) is 10.3 Å². The SMILES string of the molecule is NCc1ncc(CNC(=O)[C@@H]2CCCN2C(=O)[C@H](N)CCc2ccccc2)s1. The third kappa shape index (κ3) is 5.15. The van der Waals surface area contributed by atoms with Gasteiger partial charge >= 0.3 is 0 Å². The first-order valence-electron chi connectivity index (χ1n) is 9.60. The molecule has 7 nitrogen and oxygen atoms in total. The minimum absolute atomic E-state index is 0.135. The fourth-order valence-electron chi connectivity index (χ4n) is 3.42. The summed E-state index contributed by atoms with van der Waals surface area (Å²) in [6.45, 7) is 1.37. The lowest BCUT2D eigenvalue weighted by molar-refractivity contribution is -0.139. The molecule has 1 aromatic carbocycles. The van der Waals surface area contributed by atoms with E-state index in [0.29, 0.717) is 32.5 Å². The number of nitrogens with zero attached hydrogens (tertiary/aromatic N) is 2. The van der Waals surface area contributed by atoms with E-state index >= 15 is 0 Å². The first kappa shape index (κ1) is 20.4. The molecule has 0 spiro atoms. The van der Waals surface area contributed by atoms with Gasteiger partial charge < -0.3 is 21.7 Å². The summed E-state index contributed by atoms with van der Waals surface area (Å²) in [5.41, 5.74) is 12.9. The summed E-state index contributed by atoms with van der Waals surface area (Å²) in [7, 11) is 0. The van der Waals surface area contributed by atoms with Crippen LogP contribution in [0.5, 0.6) is 0 Å². The van der Waals surface area contributed by atoms with Crippen LogP contribution in [-0.2, 0) is 29.1 Å². The van der Waals surface area contributed by atoms with Gasteiger partial charge in [0, 0.05) is 24.2 Å². The van der Waals surface area contributed by atoms with Gasteiger partial charge in [0.25, 0.3) is 0 Å². The molecular formula is C20H27N5O2S. The van der Waals surface area contributed by atoms with Crippen molar-refractivity contribution < 1.29 is 9.59 Å². The standard InChI is InChI=1S/C20H27N5O2S/c21-11-18-23-12-15(28-18)13-24-19(26)17-7-4-10-25(17)20(27)16(22)9-8-14-5-2-1-3-6-14/h1-3,5-6,12,16-17H,4,7-11,13,21-22H2,(H,24,26)/t16-,17+/m1/s1. The van der Waals surface area contributed by atoms with Gasteiger partial charge in [-0.15, -0.1) is 11.3 Å². The van der Waals surface area contributed by atoms with Crippen LogP contribution < -0.4 is 16.8 Å². The summed E-state index contributed by atoms with van der Waals surface area (Å²) >= 11 is 1.48. The number of nitrogens with one attached hydrogen (secondary N) is 1. The predicted octanol–water partition coefficient (Wildman–Crippen LogP) is 1.17. The molecule has 1 aromatic heterocycles. The molecule has 0 radical (unpaired) electrons. The second kappa shape index (κ2) is 9.77. The second-order valence-corrected chi connectivity index (χ2v) is 8.16. The summed E-state index contributed by atoms with van der Waals surface area (Å²) in [5.74, 6) is -0.277. The Kier molecular flexibility index (Phi) is 7.13. The van der Waals surface area contributed by atoms with Gasteiger partial charge in [-0.3, -0.25) is 9.59 Å². The normalized spacial score (nSPS) is 17.5. The molecule has 2 heterocycles. The van der Waals surface area contributed by atoms with Crippen molar-refractivity contribution in [2.75, 3.05) is 6.54 Å². The number of rotatable bonds is 8. The van der Waals surface area contributed by atoms with Crippen molar-refractivity contribution in [1.82, 2.24) is 15.2 Å². The van der Waals surface area contributed by atoms with Crippen molar-refractivity contribution in [2.45, 2.75) is 50.9 Å². The zero-order chi connectivity index (χ0) is 19.9. The van der Waals surface area contributed by atoms with E-state index < -0.39 is 12.1 Å².